The largest absolute Gasteiger partial charge is 0.306 e. The Balaban J connectivity index is 1.79. The molecule has 0 heterocycles. The monoisotopic (exact) mass is 230 g/mol. The van der Waals surface area contributed by atoms with Crippen LogP contribution < -0.4 is 0 Å². The first-order valence-electron chi connectivity index (χ1n) is 6.37. The van der Waals surface area contributed by atoms with Crippen molar-refractivity contribution in [2.75, 3.05) is 0 Å². The van der Waals surface area contributed by atoms with E-state index in [0.717, 1.165) is 24.7 Å². The molecule has 2 aliphatic rings. The van der Waals surface area contributed by atoms with E-state index in [1.807, 2.05) is 0 Å². The van der Waals surface area contributed by atoms with E-state index in [0.29, 0.717) is 0 Å². The summed E-state index contributed by atoms with van der Waals surface area (Å²) in [6.45, 7) is 0. The molecule has 3 heteroatoms. The summed E-state index contributed by atoms with van der Waals surface area (Å²) in [5, 5.41) is 0.0739. The fourth-order valence-corrected chi connectivity index (χ4v) is 4.04. The summed E-state index contributed by atoms with van der Waals surface area (Å²) in [4.78, 5) is 0. The Kier molecular flexibility index (Phi) is 4.21. The lowest BCUT2D eigenvalue weighted by Gasteiger charge is -2.34. The predicted molar refractivity (Wildman–Crippen MR) is 63.1 cm³/mol. The van der Waals surface area contributed by atoms with Crippen LogP contribution in [0.5, 0.6) is 0 Å². The second kappa shape index (κ2) is 5.44. The second-order valence-corrected chi connectivity index (χ2v) is 6.43. The first-order chi connectivity index (χ1) is 7.27. The van der Waals surface area contributed by atoms with Crippen LogP contribution in [0.25, 0.3) is 0 Å². The molecule has 2 rings (SSSR count). The summed E-state index contributed by atoms with van der Waals surface area (Å²) in [6, 6.07) is 0. The van der Waals surface area contributed by atoms with Crippen LogP contribution in [0.3, 0.4) is 0 Å². The van der Waals surface area contributed by atoms with Crippen LogP contribution in [0.4, 0.5) is 0 Å². The third-order valence-corrected chi connectivity index (χ3v) is 5.36. The minimum absolute atomic E-state index is 0.0739. The summed E-state index contributed by atoms with van der Waals surface area (Å²) in [7, 11) is 0. The lowest BCUT2D eigenvalue weighted by Crippen LogP contribution is -2.27. The summed E-state index contributed by atoms with van der Waals surface area (Å²) in [5.74, 6) is 1.80. The number of hydrogen-bond acceptors (Lipinski definition) is 1. The number of hydrogen-bond donors (Lipinski definition) is 1. The van der Waals surface area contributed by atoms with Crippen LogP contribution in [-0.4, -0.2) is 14.0 Å². The van der Waals surface area contributed by atoms with Gasteiger partial charge in [-0.05, 0) is 37.5 Å². The van der Waals surface area contributed by atoms with Crippen molar-refractivity contribution in [3.05, 3.63) is 0 Å². The Morgan fingerprint density at radius 1 is 0.800 bits per heavy atom. The van der Waals surface area contributed by atoms with Crippen molar-refractivity contribution in [3.8, 4) is 0 Å². The highest BCUT2D eigenvalue weighted by Crippen LogP contribution is 2.38. The van der Waals surface area contributed by atoms with Gasteiger partial charge < -0.3 is 4.55 Å². The molecule has 0 saturated heterocycles. The van der Waals surface area contributed by atoms with Gasteiger partial charge in [0.1, 0.15) is 0 Å². The topological polar surface area (TPSA) is 37.3 Å². The van der Waals surface area contributed by atoms with Crippen molar-refractivity contribution in [3.63, 3.8) is 0 Å². The first-order valence-corrected chi connectivity index (χ1v) is 7.54. The van der Waals surface area contributed by atoms with Gasteiger partial charge in [-0.1, -0.05) is 32.1 Å². The molecule has 0 amide bonds. The molecule has 0 aromatic heterocycles. The van der Waals surface area contributed by atoms with Crippen molar-refractivity contribution in [1.82, 2.24) is 0 Å². The number of rotatable bonds is 2. The third kappa shape index (κ3) is 3.04. The minimum atomic E-state index is -1.57. The molecular weight excluding hydrogens is 208 g/mol. The fraction of sp³-hybridized carbons (Fsp3) is 1.00. The standard InChI is InChI=1S/C12H22O2S/c13-15(14)12-8-6-11(7-9-12)10-4-2-1-3-5-10/h10-12H,1-9H2,(H,13,14). The molecule has 1 unspecified atom stereocenters. The van der Waals surface area contributed by atoms with E-state index >= 15 is 0 Å². The van der Waals surface area contributed by atoms with Crippen LogP contribution in [0.15, 0.2) is 0 Å². The fourth-order valence-electron chi connectivity index (χ4n) is 3.37. The molecule has 2 nitrogen and oxygen atoms in total. The maximum absolute atomic E-state index is 10.9. The van der Waals surface area contributed by atoms with Crippen LogP contribution in [0, 0.1) is 11.8 Å². The smallest absolute Gasteiger partial charge is 0.155 e. The molecule has 0 aliphatic heterocycles. The van der Waals surface area contributed by atoms with Crippen molar-refractivity contribution in [2.45, 2.75) is 63.0 Å². The Morgan fingerprint density at radius 3 is 1.87 bits per heavy atom. The molecule has 0 radical (unpaired) electrons. The lowest BCUT2D eigenvalue weighted by atomic mass is 9.73. The van der Waals surface area contributed by atoms with E-state index in [2.05, 4.69) is 0 Å². The molecular formula is C12H22O2S. The molecule has 0 bridgehead atoms. The van der Waals surface area contributed by atoms with Crippen LogP contribution in [0.2, 0.25) is 0 Å². The Morgan fingerprint density at radius 2 is 1.33 bits per heavy atom. The average Bonchev–Trinajstić information content (AvgIpc) is 2.30. The van der Waals surface area contributed by atoms with E-state index in [9.17, 15) is 4.21 Å². The van der Waals surface area contributed by atoms with Crippen LogP contribution in [-0.2, 0) is 11.1 Å². The SMILES string of the molecule is O=S(O)C1CCC(C2CCCCC2)CC1. The molecule has 1 N–H and O–H groups in total. The quantitative estimate of drug-likeness (QED) is 0.739. The van der Waals surface area contributed by atoms with Gasteiger partial charge in [0.25, 0.3) is 0 Å². The van der Waals surface area contributed by atoms with Crippen LogP contribution >= 0.6 is 0 Å². The average molecular weight is 230 g/mol. The molecule has 0 aromatic rings. The van der Waals surface area contributed by atoms with Gasteiger partial charge in [0.05, 0.1) is 5.25 Å². The minimum Gasteiger partial charge on any atom is -0.306 e. The van der Waals surface area contributed by atoms with Crippen molar-refractivity contribution < 1.29 is 8.76 Å². The van der Waals surface area contributed by atoms with Gasteiger partial charge in [0, 0.05) is 0 Å². The van der Waals surface area contributed by atoms with Gasteiger partial charge >= 0.3 is 0 Å². The van der Waals surface area contributed by atoms with E-state index in [4.69, 9.17) is 4.55 Å². The maximum atomic E-state index is 10.9. The molecule has 15 heavy (non-hydrogen) atoms. The summed E-state index contributed by atoms with van der Waals surface area (Å²) < 4.78 is 20.0. The van der Waals surface area contributed by atoms with Gasteiger partial charge in [-0.25, -0.2) is 4.21 Å². The van der Waals surface area contributed by atoms with Gasteiger partial charge in [-0.2, -0.15) is 0 Å². The van der Waals surface area contributed by atoms with Gasteiger partial charge in [-0.15, -0.1) is 0 Å². The van der Waals surface area contributed by atoms with Gasteiger partial charge in [0.2, 0.25) is 0 Å². The van der Waals surface area contributed by atoms with E-state index in [1.54, 1.807) is 0 Å². The van der Waals surface area contributed by atoms with E-state index < -0.39 is 11.1 Å². The normalized spacial score (nSPS) is 36.3. The highest BCUT2D eigenvalue weighted by Gasteiger charge is 2.30. The Hall–Kier alpha value is 0.110. The Labute approximate surface area is 95.1 Å². The second-order valence-electron chi connectivity index (χ2n) is 5.21. The molecule has 88 valence electrons. The van der Waals surface area contributed by atoms with Crippen molar-refractivity contribution in [2.24, 2.45) is 11.8 Å². The first kappa shape index (κ1) is 11.6. The zero-order valence-corrected chi connectivity index (χ0v) is 10.2. The molecule has 0 aromatic carbocycles. The summed E-state index contributed by atoms with van der Waals surface area (Å²) >= 11 is -1.57. The lowest BCUT2D eigenvalue weighted by molar-refractivity contribution is 0.196. The highest BCUT2D eigenvalue weighted by molar-refractivity contribution is 7.79. The van der Waals surface area contributed by atoms with E-state index in [-0.39, 0.29) is 5.25 Å². The van der Waals surface area contributed by atoms with Crippen molar-refractivity contribution >= 4 is 11.1 Å². The molecule has 2 saturated carbocycles. The highest BCUT2D eigenvalue weighted by atomic mass is 32.2. The molecule has 2 fully saturated rings. The maximum Gasteiger partial charge on any atom is 0.155 e. The Bertz CT molecular complexity index is 216. The van der Waals surface area contributed by atoms with Crippen LogP contribution in [0.1, 0.15) is 57.8 Å². The molecule has 2 aliphatic carbocycles. The van der Waals surface area contributed by atoms with Crippen molar-refractivity contribution in [1.29, 1.82) is 0 Å². The van der Waals surface area contributed by atoms with E-state index in [1.165, 1.54) is 44.9 Å². The zero-order chi connectivity index (χ0) is 10.7. The molecule has 0 spiro atoms. The third-order valence-electron chi connectivity index (χ3n) is 4.32. The molecule has 1 atom stereocenters. The van der Waals surface area contributed by atoms with Gasteiger partial charge in [-0.3, -0.25) is 0 Å². The van der Waals surface area contributed by atoms with Gasteiger partial charge in [0.15, 0.2) is 11.1 Å². The predicted octanol–water partition coefficient (Wildman–Crippen LogP) is 3.35. The summed E-state index contributed by atoms with van der Waals surface area (Å²) in [6.07, 6.45) is 11.4. The zero-order valence-electron chi connectivity index (χ0n) is 9.36. The summed E-state index contributed by atoms with van der Waals surface area (Å²) in [5.41, 5.74) is 0.